The van der Waals surface area contributed by atoms with Gasteiger partial charge in [-0.25, -0.2) is 0 Å². The minimum atomic E-state index is 0.571. The van der Waals surface area contributed by atoms with Crippen molar-refractivity contribution >= 4 is 0 Å². The van der Waals surface area contributed by atoms with Crippen molar-refractivity contribution in [3.8, 4) is 0 Å². The number of rotatable bonds is 2. The average molecular weight is 1090 g/mol. The lowest BCUT2D eigenvalue weighted by atomic mass is 9.58. The normalized spacial score (nSPS) is 40.5. The van der Waals surface area contributed by atoms with Crippen molar-refractivity contribution in [3.05, 3.63) is 0 Å². The van der Waals surface area contributed by atoms with Crippen LogP contribution >= 0.6 is 0 Å². The van der Waals surface area contributed by atoms with E-state index in [2.05, 4.69) is 138 Å². The van der Waals surface area contributed by atoms with Crippen LogP contribution in [0.2, 0.25) is 0 Å². The quantitative estimate of drug-likeness (QED) is 0.259. The van der Waals surface area contributed by atoms with Crippen molar-refractivity contribution in [1.29, 1.82) is 0 Å². The van der Waals surface area contributed by atoms with E-state index in [1.165, 1.54) is 199 Å². The zero-order chi connectivity index (χ0) is 57.8. The summed E-state index contributed by atoms with van der Waals surface area (Å²) in [6, 6.07) is 0. The van der Waals surface area contributed by atoms with Gasteiger partial charge >= 0.3 is 0 Å². The highest BCUT2D eigenvalue weighted by molar-refractivity contribution is 4.97. The summed E-state index contributed by atoms with van der Waals surface area (Å²) in [5.74, 6) is 18.8. The zero-order valence-electron chi connectivity index (χ0n) is 57.8. The Bertz CT molecular complexity index is 1470. The lowest BCUT2D eigenvalue weighted by Crippen LogP contribution is -2.38. The van der Waals surface area contributed by atoms with Gasteiger partial charge in [0.25, 0.3) is 0 Å². The molecule has 6 bridgehead atoms. The maximum Gasteiger partial charge on any atom is -0.0297 e. The van der Waals surface area contributed by atoms with Crippen LogP contribution < -0.4 is 0 Å². The summed E-state index contributed by atoms with van der Waals surface area (Å²) >= 11 is 0. The molecular weight excluding hydrogens is 937 g/mol. The molecule has 0 amide bonds. The standard InChI is InChI=1S/C11H22.2C9H16.2C9H18.C8H14.2C8H16.C7H14/c1-9-10(2,3)7-6-8-11(9,4)5;1-7-5-8-3-4-9(7,2)6-8;1-6-7(2)9-4-3-8(6)5-9;1-8-6-4-5-7-9(8,2)3;1-7-5-4-6-8(2)9(7)3;1-6-4-7-2-3-8(6)5-7;1-7-5-3-4-6-8(7)2;1-2-8-6-4-3-5-7-8;1-2-7-5-3-4-6-7/h9H,6-8H2,1-5H3;7-8H,3-6H2,1-2H3;6-9H,3-5H2,1-2H3;8H,4-7H2,1-3H3;7-9H,4-6H2,1-3H3;6-8H,2-5H2,1H3;7-8H,3-6H2,1-2H3;8H,2-7H2,1H3;7H,2-6H2,1H3/t;7-,8?,9?;6-,7?,8?,9?;8-;;6-,7?,8?;7-,8?;;/m.001.01../s1. The van der Waals surface area contributed by atoms with Gasteiger partial charge < -0.3 is 0 Å². The van der Waals surface area contributed by atoms with Gasteiger partial charge in [0.2, 0.25) is 0 Å². The lowest BCUT2D eigenvalue weighted by molar-refractivity contribution is 0.0286. The van der Waals surface area contributed by atoms with E-state index in [0.29, 0.717) is 16.2 Å². The third-order valence-electron chi connectivity index (χ3n) is 27.7. The molecule has 10 unspecified atom stereocenters. The summed E-state index contributed by atoms with van der Waals surface area (Å²) in [6.45, 7) is 48.0. The van der Waals surface area contributed by atoms with E-state index < -0.39 is 0 Å². The summed E-state index contributed by atoms with van der Waals surface area (Å²) in [7, 11) is 0. The van der Waals surface area contributed by atoms with Crippen LogP contribution in [0.15, 0.2) is 0 Å². The van der Waals surface area contributed by atoms with Gasteiger partial charge in [0.15, 0.2) is 0 Å². The molecule has 0 aliphatic heterocycles. The monoisotopic (exact) mass is 1090 g/mol. The zero-order valence-corrected chi connectivity index (χ0v) is 57.8. The van der Waals surface area contributed by atoms with E-state index in [-0.39, 0.29) is 0 Å². The fourth-order valence-electron chi connectivity index (χ4n) is 18.8. The van der Waals surface area contributed by atoms with Crippen LogP contribution in [0.4, 0.5) is 0 Å². The molecule has 12 saturated carbocycles. The molecule has 12 aliphatic rings. The fraction of sp³-hybridized carbons (Fsp3) is 1.00. The van der Waals surface area contributed by atoms with E-state index in [1.807, 2.05) is 0 Å². The molecule has 0 aromatic rings. The Kier molecular flexibility index (Phi) is 30.9. The number of hydrogen-bond donors (Lipinski definition) is 0. The molecule has 12 fully saturated rings. The highest BCUT2D eigenvalue weighted by Crippen LogP contribution is 2.57. The first-order valence-corrected chi connectivity index (χ1v) is 36.7. The predicted molar refractivity (Wildman–Crippen MR) is 352 cm³/mol. The van der Waals surface area contributed by atoms with E-state index in [4.69, 9.17) is 0 Å². The van der Waals surface area contributed by atoms with E-state index in [0.717, 1.165) is 112 Å². The Morgan fingerprint density at radius 1 is 0.295 bits per heavy atom. The number of hydrogen-bond acceptors (Lipinski definition) is 0. The lowest BCUT2D eigenvalue weighted by Gasteiger charge is -2.47. The third-order valence-corrected chi connectivity index (χ3v) is 27.7. The Labute approximate surface area is 495 Å². The number of fused-ring (bicyclic) bond motifs is 6. The SMILES string of the molecule is CC1C(C)(C)CCCC1(C)C.CC1C2CCC(C2)[C@H]1C.CC1CCCC(C)C1C.CC1CCCC[C@H]1C.CCC1CCCC1.CCC1CCCCC1.C[C@@H]1CCCCC1(C)C.C[C@H]1CC2CCC1(C)C2.C[C@H]1CC2CCC1C2. The molecule has 12 rings (SSSR count). The van der Waals surface area contributed by atoms with Gasteiger partial charge in [-0.1, -0.05) is 286 Å². The molecule has 0 aromatic carbocycles. The van der Waals surface area contributed by atoms with Gasteiger partial charge in [-0.2, -0.15) is 0 Å². The molecule has 0 spiro atoms. The van der Waals surface area contributed by atoms with Crippen molar-refractivity contribution in [3.63, 3.8) is 0 Å². The summed E-state index contributed by atoms with van der Waals surface area (Å²) in [6.07, 6.45) is 53.7. The summed E-state index contributed by atoms with van der Waals surface area (Å²) in [5.41, 5.74) is 2.55. The maximum atomic E-state index is 2.48. The molecule has 15 atom stereocenters. The topological polar surface area (TPSA) is 0 Å². The predicted octanol–water partition coefficient (Wildman–Crippen LogP) is 26.5. The summed E-state index contributed by atoms with van der Waals surface area (Å²) < 4.78 is 0. The second kappa shape index (κ2) is 34.2. The molecular formula is C78H150. The first-order valence-electron chi connectivity index (χ1n) is 36.7. The molecule has 462 valence electrons. The fourth-order valence-corrected chi connectivity index (χ4v) is 18.8. The Balaban J connectivity index is 0.000000190. The largest absolute Gasteiger partial charge is 0.0651 e. The van der Waals surface area contributed by atoms with Crippen LogP contribution in [0.25, 0.3) is 0 Å². The van der Waals surface area contributed by atoms with Crippen molar-refractivity contribution in [2.75, 3.05) is 0 Å². The third kappa shape index (κ3) is 22.8. The molecule has 0 saturated heterocycles. The molecule has 0 nitrogen and oxygen atoms in total. The highest BCUT2D eigenvalue weighted by atomic mass is 14.5. The second-order valence-electron chi connectivity index (χ2n) is 34.2. The average Bonchev–Trinajstić information content (AvgIpc) is 4.32. The van der Waals surface area contributed by atoms with Gasteiger partial charge in [0.05, 0.1) is 0 Å². The minimum Gasteiger partial charge on any atom is -0.0651 e. The maximum absolute atomic E-state index is 2.48. The van der Waals surface area contributed by atoms with Crippen molar-refractivity contribution in [2.24, 2.45) is 128 Å². The van der Waals surface area contributed by atoms with Crippen molar-refractivity contribution in [2.45, 2.75) is 370 Å². The minimum absolute atomic E-state index is 0.571. The first-order chi connectivity index (χ1) is 36.7. The van der Waals surface area contributed by atoms with Crippen molar-refractivity contribution in [1.82, 2.24) is 0 Å². The van der Waals surface area contributed by atoms with Crippen LogP contribution in [0.5, 0.6) is 0 Å². The van der Waals surface area contributed by atoms with Gasteiger partial charge in [-0.3, -0.25) is 0 Å². The van der Waals surface area contributed by atoms with Crippen LogP contribution in [-0.4, -0.2) is 0 Å². The molecule has 0 heterocycles. The smallest absolute Gasteiger partial charge is 0.0297 e. The van der Waals surface area contributed by atoms with E-state index in [1.54, 1.807) is 32.1 Å². The van der Waals surface area contributed by atoms with E-state index >= 15 is 0 Å². The van der Waals surface area contributed by atoms with E-state index in [9.17, 15) is 0 Å². The van der Waals surface area contributed by atoms with Crippen LogP contribution in [0.3, 0.4) is 0 Å². The van der Waals surface area contributed by atoms with Gasteiger partial charge in [0.1, 0.15) is 0 Å². The molecule has 0 N–H and O–H groups in total. The Morgan fingerprint density at radius 3 is 1.01 bits per heavy atom. The molecule has 0 radical (unpaired) electrons. The molecule has 0 aromatic heterocycles. The molecule has 12 aliphatic carbocycles. The Hall–Kier alpha value is 0. The first kappa shape index (κ1) is 70.5. The van der Waals surface area contributed by atoms with Crippen LogP contribution in [-0.2, 0) is 0 Å². The Morgan fingerprint density at radius 2 is 0.744 bits per heavy atom. The second-order valence-corrected chi connectivity index (χ2v) is 34.2. The van der Waals surface area contributed by atoms with Gasteiger partial charge in [0, 0.05) is 0 Å². The van der Waals surface area contributed by atoms with Gasteiger partial charge in [-0.15, -0.1) is 0 Å². The van der Waals surface area contributed by atoms with Crippen LogP contribution in [0, 0.1) is 128 Å². The molecule has 0 heteroatoms. The van der Waals surface area contributed by atoms with Gasteiger partial charge in [-0.05, 0) is 212 Å². The molecule has 78 heavy (non-hydrogen) atoms. The summed E-state index contributed by atoms with van der Waals surface area (Å²) in [5, 5.41) is 0. The summed E-state index contributed by atoms with van der Waals surface area (Å²) in [4.78, 5) is 0. The van der Waals surface area contributed by atoms with Crippen molar-refractivity contribution < 1.29 is 0 Å². The van der Waals surface area contributed by atoms with Crippen LogP contribution in [0.1, 0.15) is 370 Å². The highest BCUT2D eigenvalue weighted by Gasteiger charge is 2.46.